The van der Waals surface area contributed by atoms with E-state index in [2.05, 4.69) is 33.5 Å². The molecule has 12 heteroatoms. The lowest BCUT2D eigenvalue weighted by atomic mass is 10.1. The highest BCUT2D eigenvalue weighted by Gasteiger charge is 2.22. The van der Waals surface area contributed by atoms with E-state index in [1.165, 1.54) is 27.4 Å². The number of carbonyl (C=O) groups excluding carboxylic acids is 1. The first-order valence-electron chi connectivity index (χ1n) is 10.7. The Morgan fingerprint density at radius 2 is 1.92 bits per heavy atom. The van der Waals surface area contributed by atoms with Gasteiger partial charge in [-0.15, -0.1) is 0 Å². The van der Waals surface area contributed by atoms with Crippen LogP contribution < -0.4 is 15.4 Å². The Morgan fingerprint density at radius 1 is 1.17 bits per heavy atom. The van der Waals surface area contributed by atoms with Crippen LogP contribution >= 0.6 is 0 Å². The first kappa shape index (κ1) is 24.4. The van der Waals surface area contributed by atoms with Crippen molar-refractivity contribution in [3.63, 3.8) is 0 Å². The number of nitrogen functional groups attached to an aromatic ring is 1. The van der Waals surface area contributed by atoms with E-state index in [0.29, 0.717) is 33.7 Å². The first-order valence-corrected chi connectivity index (χ1v) is 12.2. The van der Waals surface area contributed by atoms with Crippen LogP contribution in [-0.2, 0) is 21.4 Å². The molecule has 2 aromatic carbocycles. The number of sulfonamides is 1. The summed E-state index contributed by atoms with van der Waals surface area (Å²) >= 11 is 0. The largest absolute Gasteiger partial charge is 0.508 e. The first-order chi connectivity index (χ1) is 17.2. The van der Waals surface area contributed by atoms with E-state index in [4.69, 9.17) is 5.73 Å². The number of phenols is 1. The van der Waals surface area contributed by atoms with E-state index in [1.807, 2.05) is 0 Å². The van der Waals surface area contributed by atoms with Crippen LogP contribution in [0.1, 0.15) is 0 Å². The van der Waals surface area contributed by atoms with Gasteiger partial charge >= 0.3 is 0 Å². The van der Waals surface area contributed by atoms with Crippen LogP contribution in [0.2, 0.25) is 0 Å². The van der Waals surface area contributed by atoms with E-state index < -0.39 is 15.9 Å². The van der Waals surface area contributed by atoms with Gasteiger partial charge in [-0.25, -0.2) is 23.1 Å². The number of hydrogen-bond acceptors (Lipinski definition) is 8. The number of amides is 1. The van der Waals surface area contributed by atoms with Gasteiger partial charge in [0.1, 0.15) is 23.6 Å². The summed E-state index contributed by atoms with van der Waals surface area (Å²) in [5, 5.41) is 18.8. The zero-order valence-electron chi connectivity index (χ0n) is 19.1. The fourth-order valence-electron chi connectivity index (χ4n) is 3.67. The van der Waals surface area contributed by atoms with Crippen molar-refractivity contribution in [3.05, 3.63) is 79.5 Å². The minimum atomic E-state index is -3.80. The molecule has 0 unspecified atom stereocenters. The highest BCUT2D eigenvalue weighted by Crippen LogP contribution is 2.34. The zero-order valence-corrected chi connectivity index (χ0v) is 19.9. The predicted octanol–water partition coefficient (Wildman–Crippen LogP) is 2.89. The van der Waals surface area contributed by atoms with Crippen LogP contribution in [0.15, 0.2) is 79.5 Å². The topological polar surface area (TPSA) is 156 Å². The number of fused-ring (bicyclic) bond motifs is 1. The Kier molecular flexibility index (Phi) is 6.70. The molecule has 2 heterocycles. The molecule has 2 aromatic heterocycles. The molecule has 4 aromatic rings. The molecule has 0 saturated carbocycles. The van der Waals surface area contributed by atoms with Crippen molar-refractivity contribution in [2.24, 2.45) is 0 Å². The molecule has 0 aliphatic carbocycles. The van der Waals surface area contributed by atoms with E-state index in [0.717, 1.165) is 11.5 Å². The number of anilines is 3. The summed E-state index contributed by atoms with van der Waals surface area (Å²) < 4.78 is 28.2. The van der Waals surface area contributed by atoms with Crippen molar-refractivity contribution in [2.45, 2.75) is 6.54 Å². The second kappa shape index (κ2) is 9.88. The summed E-state index contributed by atoms with van der Waals surface area (Å²) in [5.74, 6) is -0.411. The van der Waals surface area contributed by atoms with E-state index in [-0.39, 0.29) is 24.7 Å². The van der Waals surface area contributed by atoms with Gasteiger partial charge in [-0.05, 0) is 30.3 Å². The van der Waals surface area contributed by atoms with Crippen molar-refractivity contribution in [1.29, 1.82) is 0 Å². The summed E-state index contributed by atoms with van der Waals surface area (Å²) in [6, 6.07) is 13.1. The fourth-order valence-corrected chi connectivity index (χ4v) is 4.61. The third-order valence-electron chi connectivity index (χ3n) is 5.28. The number of aromatic nitrogens is 4. The standard InChI is InChI=1S/C24H23N7O4S/c1-3-20(33)28-17-12-16(13-19(32)14-17)22-21-23(25)26-15-27-24(21)30(29-22)10-11-31(36(34,35)4-2)18-8-6-5-7-9-18/h3-9,12-15,32H,1-2,10-11H2,(H,28,33)(H2,25,26,27). The molecular formula is C24H23N7O4S. The molecule has 0 radical (unpaired) electrons. The van der Waals surface area contributed by atoms with Crippen molar-refractivity contribution in [3.8, 4) is 17.0 Å². The van der Waals surface area contributed by atoms with Crippen LogP contribution in [0.3, 0.4) is 0 Å². The van der Waals surface area contributed by atoms with Gasteiger partial charge in [-0.3, -0.25) is 9.10 Å². The fraction of sp³-hybridized carbons (Fsp3) is 0.0833. The monoisotopic (exact) mass is 505 g/mol. The van der Waals surface area contributed by atoms with E-state index in [1.54, 1.807) is 36.4 Å². The van der Waals surface area contributed by atoms with E-state index in [9.17, 15) is 18.3 Å². The van der Waals surface area contributed by atoms with Crippen molar-refractivity contribution in [2.75, 3.05) is 21.9 Å². The molecule has 1 amide bonds. The Hall–Kier alpha value is -4.71. The number of nitrogens with one attached hydrogen (secondary N) is 1. The Labute approximate surface area is 207 Å². The summed E-state index contributed by atoms with van der Waals surface area (Å²) in [6.07, 6.45) is 2.39. The molecule has 36 heavy (non-hydrogen) atoms. The Balaban J connectivity index is 1.77. The molecule has 0 aliphatic rings. The summed E-state index contributed by atoms with van der Waals surface area (Å²) in [7, 11) is -3.80. The third kappa shape index (κ3) is 4.88. The molecule has 4 rings (SSSR count). The molecule has 0 atom stereocenters. The van der Waals surface area contributed by atoms with Gasteiger partial charge in [0.05, 0.1) is 24.2 Å². The van der Waals surface area contributed by atoms with Crippen LogP contribution in [0, 0.1) is 0 Å². The number of hydrogen-bond donors (Lipinski definition) is 3. The van der Waals surface area contributed by atoms with Crippen molar-refractivity contribution in [1.82, 2.24) is 19.7 Å². The van der Waals surface area contributed by atoms with Gasteiger partial charge < -0.3 is 16.2 Å². The Morgan fingerprint density at radius 3 is 2.61 bits per heavy atom. The SMILES string of the molecule is C=CC(=O)Nc1cc(O)cc(-c2nn(CCN(c3ccccc3)S(=O)(=O)C=C)c3ncnc(N)c23)c1. The maximum absolute atomic E-state index is 12.7. The average molecular weight is 506 g/mol. The number of aromatic hydroxyl groups is 1. The molecule has 0 fully saturated rings. The lowest BCUT2D eigenvalue weighted by Gasteiger charge is -2.22. The number of nitrogens with zero attached hydrogens (tertiary/aromatic N) is 5. The summed E-state index contributed by atoms with van der Waals surface area (Å²) in [6.45, 7) is 7.00. The number of benzene rings is 2. The van der Waals surface area contributed by atoms with Gasteiger partial charge in [0, 0.05) is 22.7 Å². The van der Waals surface area contributed by atoms with Gasteiger partial charge in [0.2, 0.25) is 5.91 Å². The maximum atomic E-state index is 12.7. The number of rotatable bonds is 9. The molecule has 4 N–H and O–H groups in total. The third-order valence-corrected chi connectivity index (χ3v) is 6.71. The second-order valence-electron chi connectivity index (χ2n) is 7.61. The molecule has 0 aliphatic heterocycles. The molecule has 11 nitrogen and oxygen atoms in total. The smallest absolute Gasteiger partial charge is 0.256 e. The minimum absolute atomic E-state index is 0.0270. The number of nitrogens with two attached hydrogens (primary N) is 1. The molecule has 0 saturated heterocycles. The normalized spacial score (nSPS) is 11.2. The lowest BCUT2D eigenvalue weighted by molar-refractivity contribution is -0.111. The van der Waals surface area contributed by atoms with Crippen LogP contribution in [0.4, 0.5) is 17.2 Å². The number of phenolic OH excluding ortho intramolecular Hbond substituents is 1. The predicted molar refractivity (Wildman–Crippen MR) is 139 cm³/mol. The molecule has 0 bridgehead atoms. The number of para-hydroxylation sites is 1. The summed E-state index contributed by atoms with van der Waals surface area (Å²) in [5.41, 5.74) is 8.12. The summed E-state index contributed by atoms with van der Waals surface area (Å²) in [4.78, 5) is 20.1. The highest BCUT2D eigenvalue weighted by atomic mass is 32.2. The highest BCUT2D eigenvalue weighted by molar-refractivity contribution is 7.95. The molecule has 184 valence electrons. The average Bonchev–Trinajstić information content (AvgIpc) is 3.24. The van der Waals surface area contributed by atoms with Crippen molar-refractivity contribution >= 4 is 44.2 Å². The van der Waals surface area contributed by atoms with Gasteiger partial charge in [-0.2, -0.15) is 5.10 Å². The number of carbonyl (C=O) groups is 1. The van der Waals surface area contributed by atoms with Crippen molar-refractivity contribution < 1.29 is 18.3 Å². The maximum Gasteiger partial charge on any atom is 0.256 e. The Bertz CT molecular complexity index is 1570. The quantitative estimate of drug-likeness (QED) is 0.293. The molecule has 0 spiro atoms. The zero-order chi connectivity index (χ0) is 25.9. The van der Waals surface area contributed by atoms with Gasteiger partial charge in [0.15, 0.2) is 5.65 Å². The van der Waals surface area contributed by atoms with E-state index >= 15 is 0 Å². The van der Waals surface area contributed by atoms with Crippen LogP contribution in [-0.4, -0.2) is 45.7 Å². The van der Waals surface area contributed by atoms with Gasteiger partial charge in [-0.1, -0.05) is 31.4 Å². The van der Waals surface area contributed by atoms with Gasteiger partial charge in [0.25, 0.3) is 10.0 Å². The molecular weight excluding hydrogens is 482 g/mol. The van der Waals surface area contributed by atoms with Crippen LogP contribution in [0.25, 0.3) is 22.3 Å². The minimum Gasteiger partial charge on any atom is -0.508 e. The lowest BCUT2D eigenvalue weighted by Crippen LogP contribution is -2.32. The second-order valence-corrected chi connectivity index (χ2v) is 9.41. The van der Waals surface area contributed by atoms with Crippen LogP contribution in [0.5, 0.6) is 5.75 Å².